The van der Waals surface area contributed by atoms with Gasteiger partial charge in [-0.1, -0.05) is 115 Å². The van der Waals surface area contributed by atoms with Gasteiger partial charge in [-0.2, -0.15) is 5.26 Å². The third-order valence-electron chi connectivity index (χ3n) is 11.9. The summed E-state index contributed by atoms with van der Waals surface area (Å²) in [6.07, 6.45) is 3.69. The molecule has 0 aliphatic rings. The molecule has 5 heteroatoms. The summed E-state index contributed by atoms with van der Waals surface area (Å²) in [7, 11) is 0. The van der Waals surface area contributed by atoms with Gasteiger partial charge in [0.1, 0.15) is 0 Å². The van der Waals surface area contributed by atoms with Crippen LogP contribution in [-0.2, 0) is 0 Å². The average Bonchev–Trinajstić information content (AvgIpc) is 3.64. The summed E-state index contributed by atoms with van der Waals surface area (Å²) >= 11 is 0. The lowest BCUT2D eigenvalue weighted by Crippen LogP contribution is -1.95. The van der Waals surface area contributed by atoms with Gasteiger partial charge in [0.05, 0.1) is 44.9 Å². The van der Waals surface area contributed by atoms with Gasteiger partial charge in [0.25, 0.3) is 0 Å². The SMILES string of the molecule is N#Cc1ccc2c(c1)c1cc(-c3ccc(-c4ccc5c(c4)nc(-c4ccccc4)c4c6cccnc6c6ncccc6c54)c4ccccc34)ccc1n2-c1ccccc1. The average molecular weight is 750 g/mol. The summed E-state index contributed by atoms with van der Waals surface area (Å²) < 4.78 is 2.29. The maximum Gasteiger partial charge on any atom is 0.0991 e. The van der Waals surface area contributed by atoms with Crippen LogP contribution in [0.3, 0.4) is 0 Å². The van der Waals surface area contributed by atoms with E-state index in [-0.39, 0.29) is 0 Å². The number of para-hydroxylation sites is 1. The topological polar surface area (TPSA) is 67.4 Å². The fraction of sp³-hybridized carbons (Fsp3) is 0. The molecule has 4 aromatic heterocycles. The zero-order chi connectivity index (χ0) is 39.0. The van der Waals surface area contributed by atoms with Gasteiger partial charge in [0.2, 0.25) is 0 Å². The third-order valence-corrected chi connectivity index (χ3v) is 11.9. The van der Waals surface area contributed by atoms with Crippen LogP contribution >= 0.6 is 0 Å². The van der Waals surface area contributed by atoms with E-state index in [0.717, 1.165) is 104 Å². The van der Waals surface area contributed by atoms with Gasteiger partial charge in [-0.15, -0.1) is 0 Å². The van der Waals surface area contributed by atoms with Crippen LogP contribution < -0.4 is 0 Å². The second-order valence-corrected chi connectivity index (χ2v) is 15.1. The van der Waals surface area contributed by atoms with Crippen molar-refractivity contribution in [2.75, 3.05) is 0 Å². The van der Waals surface area contributed by atoms with E-state index < -0.39 is 0 Å². The Balaban J connectivity index is 1.07. The first-order valence-electron chi connectivity index (χ1n) is 19.7. The normalized spacial score (nSPS) is 11.7. The van der Waals surface area contributed by atoms with Crippen molar-refractivity contribution < 1.29 is 0 Å². The lowest BCUT2D eigenvalue weighted by molar-refractivity contribution is 1.18. The van der Waals surface area contributed by atoms with Gasteiger partial charge in [0.15, 0.2) is 0 Å². The fourth-order valence-corrected chi connectivity index (χ4v) is 9.29. The number of fused-ring (bicyclic) bond motifs is 12. The van der Waals surface area contributed by atoms with Crippen molar-refractivity contribution in [3.63, 3.8) is 0 Å². The molecule has 0 spiro atoms. The maximum absolute atomic E-state index is 9.85. The summed E-state index contributed by atoms with van der Waals surface area (Å²) in [5.41, 5.74) is 13.1. The smallest absolute Gasteiger partial charge is 0.0991 e. The van der Waals surface area contributed by atoms with Gasteiger partial charge in [-0.25, -0.2) is 4.98 Å². The van der Waals surface area contributed by atoms with Gasteiger partial charge in [-0.3, -0.25) is 9.97 Å². The summed E-state index contributed by atoms with van der Waals surface area (Å²) in [6, 6.07) is 64.2. The van der Waals surface area contributed by atoms with Gasteiger partial charge in [0, 0.05) is 61.3 Å². The Kier molecular flexibility index (Phi) is 7.22. The third kappa shape index (κ3) is 5.00. The highest BCUT2D eigenvalue weighted by Gasteiger charge is 2.20. The highest BCUT2D eigenvalue weighted by Crippen LogP contribution is 2.44. The predicted molar refractivity (Wildman–Crippen MR) is 243 cm³/mol. The largest absolute Gasteiger partial charge is 0.309 e. The van der Waals surface area contributed by atoms with E-state index in [1.54, 1.807) is 0 Å². The Morgan fingerprint density at radius 2 is 1.00 bits per heavy atom. The van der Waals surface area contributed by atoms with Crippen LogP contribution in [0.1, 0.15) is 5.56 Å². The first kappa shape index (κ1) is 33.0. The molecule has 0 aliphatic carbocycles. The first-order chi connectivity index (χ1) is 29.2. The molecule has 0 bridgehead atoms. The minimum atomic E-state index is 0.647. The molecular weight excluding hydrogens is 719 g/mol. The lowest BCUT2D eigenvalue weighted by Gasteiger charge is -2.17. The molecule has 0 saturated carbocycles. The van der Waals surface area contributed by atoms with E-state index in [9.17, 15) is 5.26 Å². The Morgan fingerprint density at radius 1 is 0.424 bits per heavy atom. The molecule has 0 unspecified atom stereocenters. The molecule has 0 atom stereocenters. The van der Waals surface area contributed by atoms with Crippen LogP contribution in [-0.4, -0.2) is 19.5 Å². The molecule has 59 heavy (non-hydrogen) atoms. The number of hydrogen-bond donors (Lipinski definition) is 0. The molecule has 272 valence electrons. The molecule has 12 rings (SSSR count). The highest BCUT2D eigenvalue weighted by molar-refractivity contribution is 6.32. The standard InChI is InChI=1S/C54H31N5/c55-32-33-19-25-48-45(29-33)46-30-35(21-26-49(46)59(48)37-13-5-2-6-14-37)38-23-24-39(41-16-8-7-15-40(38)41)36-20-22-42-47(31-36)58-52(34-11-3-1-4-12-34)51-44-18-10-28-57-54(44)53-43(50(42)51)17-9-27-56-53/h1-31H. The minimum absolute atomic E-state index is 0.647. The Bertz CT molecular complexity index is 3730. The van der Waals surface area contributed by atoms with Gasteiger partial charge < -0.3 is 4.57 Å². The minimum Gasteiger partial charge on any atom is -0.309 e. The van der Waals surface area contributed by atoms with Gasteiger partial charge in [-0.05, 0) is 93.7 Å². The highest BCUT2D eigenvalue weighted by atomic mass is 15.0. The van der Waals surface area contributed by atoms with E-state index in [1.807, 2.05) is 48.8 Å². The number of hydrogen-bond acceptors (Lipinski definition) is 4. The van der Waals surface area contributed by atoms with Crippen molar-refractivity contribution >= 4 is 76.1 Å². The van der Waals surface area contributed by atoms with Gasteiger partial charge >= 0.3 is 0 Å². The van der Waals surface area contributed by atoms with E-state index in [4.69, 9.17) is 15.0 Å². The number of nitrogens with zero attached hydrogens (tertiary/aromatic N) is 5. The van der Waals surface area contributed by atoms with E-state index in [2.05, 4.69) is 150 Å². The molecule has 0 amide bonds. The van der Waals surface area contributed by atoms with Crippen LogP contribution in [0, 0.1) is 11.3 Å². The summed E-state index contributed by atoms with van der Waals surface area (Å²) in [4.78, 5) is 15.2. The number of benzene rings is 8. The molecule has 5 nitrogen and oxygen atoms in total. The molecule has 0 aliphatic heterocycles. The monoisotopic (exact) mass is 749 g/mol. The van der Waals surface area contributed by atoms with Crippen molar-refractivity contribution in [2.24, 2.45) is 0 Å². The van der Waals surface area contributed by atoms with Crippen molar-refractivity contribution in [1.29, 1.82) is 5.26 Å². The first-order valence-corrected chi connectivity index (χ1v) is 19.7. The molecular formula is C54H31N5. The van der Waals surface area contributed by atoms with Crippen LogP contribution in [0.2, 0.25) is 0 Å². The van der Waals surface area contributed by atoms with Crippen molar-refractivity contribution in [2.45, 2.75) is 0 Å². The zero-order valence-electron chi connectivity index (χ0n) is 31.6. The van der Waals surface area contributed by atoms with Crippen LogP contribution in [0.25, 0.3) is 115 Å². The summed E-state index contributed by atoms with van der Waals surface area (Å²) in [6.45, 7) is 0. The quantitative estimate of drug-likeness (QED) is 0.168. The van der Waals surface area contributed by atoms with Crippen molar-refractivity contribution in [3.8, 4) is 45.3 Å². The lowest BCUT2D eigenvalue weighted by atomic mass is 9.90. The molecule has 8 aromatic carbocycles. The zero-order valence-corrected chi connectivity index (χ0v) is 31.6. The fourth-order valence-electron chi connectivity index (χ4n) is 9.29. The van der Waals surface area contributed by atoms with Crippen LogP contribution in [0.15, 0.2) is 188 Å². The van der Waals surface area contributed by atoms with E-state index in [0.29, 0.717) is 5.56 Å². The van der Waals surface area contributed by atoms with Crippen molar-refractivity contribution in [1.82, 2.24) is 19.5 Å². The van der Waals surface area contributed by atoms with E-state index >= 15 is 0 Å². The number of pyridine rings is 3. The van der Waals surface area contributed by atoms with Crippen LogP contribution in [0.4, 0.5) is 0 Å². The Hall–Kier alpha value is -8.20. The molecule has 0 N–H and O–H groups in total. The Morgan fingerprint density at radius 3 is 1.69 bits per heavy atom. The second kappa shape index (κ2) is 12.9. The molecule has 0 fully saturated rings. The number of rotatable bonds is 4. The summed E-state index contributed by atoms with van der Waals surface area (Å²) in [5, 5.41) is 19.8. The molecule has 4 heterocycles. The predicted octanol–water partition coefficient (Wildman–Crippen LogP) is 13.6. The Labute approximate surface area is 338 Å². The molecule has 12 aromatic rings. The van der Waals surface area contributed by atoms with Crippen molar-refractivity contribution in [3.05, 3.63) is 194 Å². The van der Waals surface area contributed by atoms with Crippen LogP contribution in [0.5, 0.6) is 0 Å². The maximum atomic E-state index is 9.85. The number of aromatic nitrogens is 4. The second-order valence-electron chi connectivity index (χ2n) is 15.1. The van der Waals surface area contributed by atoms with E-state index in [1.165, 1.54) is 10.8 Å². The summed E-state index contributed by atoms with van der Waals surface area (Å²) in [5.74, 6) is 0. The molecule has 0 radical (unpaired) electrons. The number of nitriles is 1. The molecule has 0 saturated heterocycles.